The first-order valence-corrected chi connectivity index (χ1v) is 7.75. The van der Waals surface area contributed by atoms with Crippen molar-refractivity contribution in [2.24, 2.45) is 0 Å². The van der Waals surface area contributed by atoms with Gasteiger partial charge in [0.05, 0.1) is 12.9 Å². The lowest BCUT2D eigenvalue weighted by Gasteiger charge is -2.18. The zero-order valence-electron chi connectivity index (χ0n) is 12.5. The Balaban J connectivity index is 1.73. The molecule has 0 bridgehead atoms. The first kappa shape index (κ1) is 14.8. The molecule has 0 radical (unpaired) electrons. The zero-order valence-corrected chi connectivity index (χ0v) is 12.5. The molecule has 2 fully saturated rings. The maximum atomic E-state index is 10.2. The number of hydrogen-bond acceptors (Lipinski definition) is 8. The van der Waals surface area contributed by atoms with Gasteiger partial charge < -0.3 is 25.0 Å². The summed E-state index contributed by atoms with van der Waals surface area (Å²) in [4.78, 5) is 15.1. The van der Waals surface area contributed by atoms with Crippen molar-refractivity contribution in [1.29, 1.82) is 0 Å². The second-order valence-electron chi connectivity index (χ2n) is 5.94. The number of aliphatic hydroxyl groups excluding tert-OH is 3. The topological polar surface area (TPSA) is 117 Å². The van der Waals surface area contributed by atoms with Gasteiger partial charge >= 0.3 is 0 Å². The van der Waals surface area contributed by atoms with Gasteiger partial charge in [-0.25, -0.2) is 15.0 Å². The Morgan fingerprint density at radius 1 is 1.13 bits per heavy atom. The van der Waals surface area contributed by atoms with Crippen molar-refractivity contribution in [3.63, 3.8) is 0 Å². The molecule has 0 spiro atoms. The van der Waals surface area contributed by atoms with Crippen LogP contribution < -0.4 is 4.90 Å². The van der Waals surface area contributed by atoms with Crippen LogP contribution >= 0.6 is 0 Å². The number of imidazole rings is 1. The molecule has 2 aromatic rings. The van der Waals surface area contributed by atoms with Crippen molar-refractivity contribution in [3.8, 4) is 0 Å². The summed E-state index contributed by atoms with van der Waals surface area (Å²) in [5, 5.41) is 29.3. The van der Waals surface area contributed by atoms with Gasteiger partial charge in [-0.1, -0.05) is 0 Å². The van der Waals surface area contributed by atoms with Crippen molar-refractivity contribution < 1.29 is 20.1 Å². The molecule has 23 heavy (non-hydrogen) atoms. The van der Waals surface area contributed by atoms with E-state index in [9.17, 15) is 15.3 Å². The molecule has 3 N–H and O–H groups in total. The highest BCUT2D eigenvalue weighted by atomic mass is 16.6. The summed E-state index contributed by atoms with van der Waals surface area (Å²) >= 11 is 0. The van der Waals surface area contributed by atoms with Crippen LogP contribution in [0.25, 0.3) is 11.2 Å². The quantitative estimate of drug-likeness (QED) is 0.662. The van der Waals surface area contributed by atoms with E-state index in [2.05, 4.69) is 19.9 Å². The fraction of sp³-hybridized carbons (Fsp3) is 0.643. The zero-order chi connectivity index (χ0) is 16.0. The second kappa shape index (κ2) is 5.68. The van der Waals surface area contributed by atoms with Crippen LogP contribution in [0.2, 0.25) is 0 Å². The summed E-state index contributed by atoms with van der Waals surface area (Å²) in [6.45, 7) is 1.51. The van der Waals surface area contributed by atoms with Crippen LogP contribution in [-0.2, 0) is 4.74 Å². The fourth-order valence-electron chi connectivity index (χ4n) is 3.30. The molecule has 4 atom stereocenters. The van der Waals surface area contributed by atoms with Crippen molar-refractivity contribution in [2.75, 3.05) is 24.6 Å². The van der Waals surface area contributed by atoms with Gasteiger partial charge in [-0.05, 0) is 12.8 Å². The summed E-state index contributed by atoms with van der Waals surface area (Å²) < 4.78 is 7.14. The summed E-state index contributed by atoms with van der Waals surface area (Å²) in [6, 6.07) is 0. The number of hydrogen-bond donors (Lipinski definition) is 3. The predicted octanol–water partition coefficient (Wildman–Crippen LogP) is -0.962. The summed E-state index contributed by atoms with van der Waals surface area (Å²) in [5.41, 5.74) is 1.18. The van der Waals surface area contributed by atoms with E-state index >= 15 is 0 Å². The lowest BCUT2D eigenvalue weighted by Crippen LogP contribution is -2.33. The highest BCUT2D eigenvalue weighted by Crippen LogP contribution is 2.33. The van der Waals surface area contributed by atoms with Gasteiger partial charge in [-0.15, -0.1) is 0 Å². The van der Waals surface area contributed by atoms with E-state index in [0.29, 0.717) is 11.2 Å². The third-order valence-electron chi connectivity index (χ3n) is 4.54. The van der Waals surface area contributed by atoms with E-state index in [1.54, 1.807) is 4.57 Å². The average molecular weight is 321 g/mol. The van der Waals surface area contributed by atoms with Crippen LogP contribution in [0.4, 0.5) is 5.82 Å². The molecule has 4 heterocycles. The minimum absolute atomic E-state index is 0.366. The summed E-state index contributed by atoms with van der Waals surface area (Å²) in [7, 11) is 0. The molecule has 9 heteroatoms. The van der Waals surface area contributed by atoms with E-state index in [1.807, 2.05) is 0 Å². The highest BCUT2D eigenvalue weighted by molar-refractivity contribution is 5.83. The monoisotopic (exact) mass is 321 g/mol. The van der Waals surface area contributed by atoms with Crippen molar-refractivity contribution in [2.45, 2.75) is 37.4 Å². The minimum atomic E-state index is -1.16. The molecule has 0 amide bonds. The number of fused-ring (bicyclic) bond motifs is 1. The minimum Gasteiger partial charge on any atom is -0.394 e. The molecule has 124 valence electrons. The van der Waals surface area contributed by atoms with Crippen LogP contribution in [0.1, 0.15) is 19.1 Å². The average Bonchev–Trinajstić information content (AvgIpc) is 3.28. The van der Waals surface area contributed by atoms with Crippen LogP contribution in [-0.4, -0.2) is 72.8 Å². The van der Waals surface area contributed by atoms with E-state index < -0.39 is 24.5 Å². The number of ether oxygens (including phenoxy) is 1. The van der Waals surface area contributed by atoms with Crippen LogP contribution in [0.5, 0.6) is 0 Å². The molecular weight excluding hydrogens is 302 g/mol. The Labute approximate surface area is 132 Å². The van der Waals surface area contributed by atoms with Gasteiger partial charge in [-0.3, -0.25) is 4.57 Å². The standard InChI is InChI=1S/C14H19N5O4/c20-5-8-10(21)11(22)14(23-8)19-7-17-9-12(15-6-16-13(9)19)18-3-1-2-4-18/h6-8,10-11,14,20-22H,1-5H2/t8-,10+,11+,14+/m0/s1. The van der Waals surface area contributed by atoms with Crippen molar-refractivity contribution in [3.05, 3.63) is 12.7 Å². The van der Waals surface area contributed by atoms with E-state index in [1.165, 1.54) is 12.7 Å². The maximum absolute atomic E-state index is 10.2. The van der Waals surface area contributed by atoms with E-state index in [-0.39, 0.29) is 6.61 Å². The Morgan fingerprint density at radius 3 is 2.61 bits per heavy atom. The molecule has 2 aliphatic heterocycles. The summed E-state index contributed by atoms with van der Waals surface area (Å²) in [5.74, 6) is 0.776. The van der Waals surface area contributed by atoms with E-state index in [4.69, 9.17) is 4.74 Å². The largest absolute Gasteiger partial charge is 0.394 e. The summed E-state index contributed by atoms with van der Waals surface area (Å²) in [6.07, 6.45) is 1.27. The fourth-order valence-corrected chi connectivity index (χ4v) is 3.30. The Morgan fingerprint density at radius 2 is 1.91 bits per heavy atom. The van der Waals surface area contributed by atoms with Crippen LogP contribution in [0, 0.1) is 0 Å². The first-order valence-electron chi connectivity index (χ1n) is 7.75. The molecule has 2 aromatic heterocycles. The van der Waals surface area contributed by atoms with Crippen molar-refractivity contribution >= 4 is 17.0 Å². The number of anilines is 1. The number of aromatic nitrogens is 4. The highest BCUT2D eigenvalue weighted by Gasteiger charge is 2.44. The predicted molar refractivity (Wildman–Crippen MR) is 79.8 cm³/mol. The number of rotatable bonds is 3. The normalized spacial score (nSPS) is 31.3. The lowest BCUT2D eigenvalue weighted by atomic mass is 10.1. The van der Waals surface area contributed by atoms with Gasteiger partial charge in [0, 0.05) is 13.1 Å². The maximum Gasteiger partial charge on any atom is 0.167 e. The van der Waals surface area contributed by atoms with Gasteiger partial charge in [-0.2, -0.15) is 0 Å². The third-order valence-corrected chi connectivity index (χ3v) is 4.54. The van der Waals surface area contributed by atoms with E-state index in [0.717, 1.165) is 31.7 Å². The molecule has 0 aromatic carbocycles. The van der Waals surface area contributed by atoms with Crippen LogP contribution in [0.15, 0.2) is 12.7 Å². The molecular formula is C14H19N5O4. The molecule has 4 rings (SSSR count). The Kier molecular flexibility index (Phi) is 3.64. The molecule has 0 aliphatic carbocycles. The first-order chi connectivity index (χ1) is 11.2. The molecule has 0 saturated carbocycles. The van der Waals surface area contributed by atoms with Gasteiger partial charge in [0.15, 0.2) is 23.2 Å². The Bertz CT molecular complexity index is 702. The number of nitrogens with zero attached hydrogens (tertiary/aromatic N) is 5. The second-order valence-corrected chi connectivity index (χ2v) is 5.94. The van der Waals surface area contributed by atoms with Crippen molar-refractivity contribution in [1.82, 2.24) is 19.5 Å². The van der Waals surface area contributed by atoms with Gasteiger partial charge in [0.1, 0.15) is 24.6 Å². The molecule has 2 aliphatic rings. The molecule has 0 unspecified atom stereocenters. The number of aliphatic hydroxyl groups is 3. The van der Waals surface area contributed by atoms with Gasteiger partial charge in [0.2, 0.25) is 0 Å². The molecule has 9 nitrogen and oxygen atoms in total. The lowest BCUT2D eigenvalue weighted by molar-refractivity contribution is -0.0511. The van der Waals surface area contributed by atoms with Crippen LogP contribution in [0.3, 0.4) is 0 Å². The smallest absolute Gasteiger partial charge is 0.167 e. The SMILES string of the molecule is OC[C@@H]1O[C@@H](n2cnc3c(N4CCCC4)ncnc32)[C@H](O)[C@@H]1O. The van der Waals surface area contributed by atoms with Gasteiger partial charge in [0.25, 0.3) is 0 Å². The third kappa shape index (κ3) is 2.27. The molecule has 2 saturated heterocycles. The Hall–Kier alpha value is -1.81.